The first-order valence-corrected chi connectivity index (χ1v) is 7.89. The summed E-state index contributed by atoms with van der Waals surface area (Å²) in [5.74, 6) is 1.23. The molecule has 1 saturated carbocycles. The molecule has 1 aromatic rings. The minimum atomic E-state index is 0.353. The Bertz CT molecular complexity index is 439. The average molecular weight is 264 g/mol. The Morgan fingerprint density at radius 3 is 3.00 bits per heavy atom. The van der Waals surface area contributed by atoms with Crippen molar-refractivity contribution in [1.29, 1.82) is 0 Å². The van der Waals surface area contributed by atoms with Gasteiger partial charge in [-0.25, -0.2) is 4.98 Å². The molecule has 2 heterocycles. The number of hydrogen-bond acceptors (Lipinski definition) is 3. The molecule has 4 heteroatoms. The molecule has 98 valence electrons. The number of rotatable bonds is 3. The zero-order valence-corrected chi connectivity index (χ0v) is 11.7. The van der Waals surface area contributed by atoms with Gasteiger partial charge in [-0.15, -0.1) is 11.3 Å². The van der Waals surface area contributed by atoms with Gasteiger partial charge < -0.3 is 4.90 Å². The predicted octanol–water partition coefficient (Wildman–Crippen LogP) is 2.82. The zero-order valence-electron chi connectivity index (χ0n) is 10.9. The highest BCUT2D eigenvalue weighted by Gasteiger charge is 2.36. The first-order valence-electron chi connectivity index (χ1n) is 7.01. The van der Waals surface area contributed by atoms with Gasteiger partial charge in [0.15, 0.2) is 0 Å². The van der Waals surface area contributed by atoms with Gasteiger partial charge in [0.2, 0.25) is 5.91 Å². The molecule has 1 aliphatic carbocycles. The van der Waals surface area contributed by atoms with E-state index in [4.69, 9.17) is 0 Å². The van der Waals surface area contributed by atoms with Crippen LogP contribution in [0.5, 0.6) is 0 Å². The van der Waals surface area contributed by atoms with E-state index in [1.807, 2.05) is 0 Å². The number of hydrogen-bond donors (Lipinski definition) is 0. The second kappa shape index (κ2) is 5.00. The summed E-state index contributed by atoms with van der Waals surface area (Å²) in [6.45, 7) is 3.99. The fraction of sp³-hybridized carbons (Fsp3) is 0.714. The zero-order chi connectivity index (χ0) is 12.5. The van der Waals surface area contributed by atoms with E-state index in [2.05, 4.69) is 22.2 Å². The normalized spacial score (nSPS) is 24.3. The molecule has 1 saturated heterocycles. The van der Waals surface area contributed by atoms with Crippen LogP contribution >= 0.6 is 11.3 Å². The highest BCUT2D eigenvalue weighted by molar-refractivity contribution is 7.09. The van der Waals surface area contributed by atoms with Crippen LogP contribution < -0.4 is 0 Å². The fourth-order valence-electron chi connectivity index (χ4n) is 2.64. The number of likely N-dealkylation sites (tertiary alicyclic amines) is 1. The highest BCUT2D eigenvalue weighted by Crippen LogP contribution is 2.35. The van der Waals surface area contributed by atoms with Gasteiger partial charge >= 0.3 is 0 Å². The van der Waals surface area contributed by atoms with Gasteiger partial charge in [-0.3, -0.25) is 4.79 Å². The van der Waals surface area contributed by atoms with Gasteiger partial charge in [0.25, 0.3) is 0 Å². The van der Waals surface area contributed by atoms with Crippen LogP contribution in [0.2, 0.25) is 0 Å². The topological polar surface area (TPSA) is 33.2 Å². The van der Waals surface area contributed by atoms with Gasteiger partial charge in [-0.1, -0.05) is 6.92 Å². The molecule has 0 aromatic carbocycles. The highest BCUT2D eigenvalue weighted by atomic mass is 32.1. The lowest BCUT2D eigenvalue weighted by molar-refractivity contribution is -0.133. The van der Waals surface area contributed by atoms with Gasteiger partial charge in [-0.2, -0.15) is 0 Å². The van der Waals surface area contributed by atoms with Crippen LogP contribution in [0.25, 0.3) is 0 Å². The molecule has 1 aliphatic heterocycles. The fourth-order valence-corrected chi connectivity index (χ4v) is 3.67. The lowest BCUT2D eigenvalue weighted by atomic mass is 9.98. The standard InChI is InChI=1S/C14H20N2OS/c1-2-12-9-18-13(15-12)11-4-3-7-16(8-11)14(17)10-5-6-10/h9-11H,2-8H2,1H3/t11-/m0/s1. The Morgan fingerprint density at radius 2 is 2.33 bits per heavy atom. The largest absolute Gasteiger partial charge is 0.342 e. The minimum absolute atomic E-state index is 0.353. The van der Waals surface area contributed by atoms with E-state index in [1.54, 1.807) is 11.3 Å². The van der Waals surface area contributed by atoms with Crippen molar-refractivity contribution in [2.24, 2.45) is 5.92 Å². The van der Waals surface area contributed by atoms with E-state index in [9.17, 15) is 4.79 Å². The molecule has 3 rings (SSSR count). The third kappa shape index (κ3) is 2.44. The Kier molecular flexibility index (Phi) is 3.37. The summed E-state index contributed by atoms with van der Waals surface area (Å²) in [7, 11) is 0. The van der Waals surface area contributed by atoms with E-state index in [-0.39, 0.29) is 0 Å². The minimum Gasteiger partial charge on any atom is -0.342 e. The number of aromatic nitrogens is 1. The molecular formula is C14H20N2OS. The Labute approximate surface area is 112 Å². The number of amides is 1. The quantitative estimate of drug-likeness (QED) is 0.841. The van der Waals surface area contributed by atoms with Gasteiger partial charge in [-0.05, 0) is 32.1 Å². The van der Waals surface area contributed by atoms with Crippen molar-refractivity contribution in [3.8, 4) is 0 Å². The number of carbonyl (C=O) groups is 1. The molecule has 0 radical (unpaired) electrons. The maximum atomic E-state index is 12.1. The molecular weight excluding hydrogens is 244 g/mol. The summed E-state index contributed by atoms with van der Waals surface area (Å²) in [6, 6.07) is 0. The number of aryl methyl sites for hydroxylation is 1. The molecule has 18 heavy (non-hydrogen) atoms. The monoisotopic (exact) mass is 264 g/mol. The van der Waals surface area contributed by atoms with E-state index in [1.165, 1.54) is 17.1 Å². The smallest absolute Gasteiger partial charge is 0.225 e. The Hall–Kier alpha value is -0.900. The maximum absolute atomic E-state index is 12.1. The van der Waals surface area contributed by atoms with Gasteiger partial charge in [0.05, 0.1) is 10.7 Å². The first kappa shape index (κ1) is 12.2. The number of piperidine rings is 1. The number of carbonyl (C=O) groups excluding carboxylic acids is 1. The molecule has 1 amide bonds. The lowest BCUT2D eigenvalue weighted by Gasteiger charge is -2.32. The van der Waals surface area contributed by atoms with Crippen LogP contribution in [0.1, 0.15) is 49.2 Å². The summed E-state index contributed by atoms with van der Waals surface area (Å²) < 4.78 is 0. The molecule has 1 atom stereocenters. The van der Waals surface area contributed by atoms with Crippen LogP contribution in [0, 0.1) is 5.92 Å². The maximum Gasteiger partial charge on any atom is 0.225 e. The lowest BCUT2D eigenvalue weighted by Crippen LogP contribution is -2.39. The first-order chi connectivity index (χ1) is 8.78. The van der Waals surface area contributed by atoms with E-state index in [0.717, 1.165) is 38.8 Å². The third-order valence-electron chi connectivity index (χ3n) is 3.94. The average Bonchev–Trinajstić information content (AvgIpc) is 3.15. The SMILES string of the molecule is CCc1csc([C@H]2CCCN(C(=O)C3CC3)C2)n1. The summed E-state index contributed by atoms with van der Waals surface area (Å²) in [6.07, 6.45) is 5.54. The third-order valence-corrected chi connectivity index (χ3v) is 5.00. The summed E-state index contributed by atoms with van der Waals surface area (Å²) >= 11 is 1.77. The van der Waals surface area contributed by atoms with Crippen molar-refractivity contribution in [3.05, 3.63) is 16.1 Å². The van der Waals surface area contributed by atoms with Crippen molar-refractivity contribution in [2.45, 2.75) is 44.9 Å². The van der Waals surface area contributed by atoms with Crippen molar-refractivity contribution >= 4 is 17.2 Å². The van der Waals surface area contributed by atoms with E-state index >= 15 is 0 Å². The Morgan fingerprint density at radius 1 is 1.50 bits per heavy atom. The molecule has 0 bridgehead atoms. The van der Waals surface area contributed by atoms with E-state index in [0.29, 0.717) is 17.7 Å². The van der Waals surface area contributed by atoms with Gasteiger partial charge in [0.1, 0.15) is 0 Å². The molecule has 1 aromatic heterocycles. The van der Waals surface area contributed by atoms with Crippen LogP contribution in [-0.2, 0) is 11.2 Å². The van der Waals surface area contributed by atoms with Crippen molar-refractivity contribution in [3.63, 3.8) is 0 Å². The van der Waals surface area contributed by atoms with Crippen molar-refractivity contribution < 1.29 is 4.79 Å². The molecule has 0 N–H and O–H groups in total. The number of thiazole rings is 1. The van der Waals surface area contributed by atoms with Crippen molar-refractivity contribution in [2.75, 3.05) is 13.1 Å². The van der Waals surface area contributed by atoms with E-state index < -0.39 is 0 Å². The summed E-state index contributed by atoms with van der Waals surface area (Å²) in [4.78, 5) is 18.9. The van der Waals surface area contributed by atoms with Crippen LogP contribution in [0.15, 0.2) is 5.38 Å². The van der Waals surface area contributed by atoms with Gasteiger partial charge in [0, 0.05) is 30.3 Å². The van der Waals surface area contributed by atoms with Crippen LogP contribution in [-0.4, -0.2) is 28.9 Å². The second-order valence-electron chi connectivity index (χ2n) is 5.43. The molecule has 2 aliphatic rings. The Balaban J connectivity index is 1.67. The van der Waals surface area contributed by atoms with Crippen molar-refractivity contribution in [1.82, 2.24) is 9.88 Å². The second-order valence-corrected chi connectivity index (χ2v) is 6.32. The molecule has 2 fully saturated rings. The molecule has 0 spiro atoms. The molecule has 3 nitrogen and oxygen atoms in total. The van der Waals surface area contributed by atoms with Crippen LogP contribution in [0.3, 0.4) is 0 Å². The predicted molar refractivity (Wildman–Crippen MR) is 72.8 cm³/mol. The van der Waals surface area contributed by atoms with Crippen LogP contribution in [0.4, 0.5) is 0 Å². The summed E-state index contributed by atoms with van der Waals surface area (Å²) in [5.41, 5.74) is 1.20. The number of nitrogens with zero attached hydrogens (tertiary/aromatic N) is 2. The molecule has 0 unspecified atom stereocenters. The summed E-state index contributed by atoms with van der Waals surface area (Å²) in [5, 5.41) is 3.40.